The minimum atomic E-state index is -1.75. The molecular formula is C36H66NO12+. The minimum Gasteiger partial charge on any atom is -0.462 e. The van der Waals surface area contributed by atoms with Gasteiger partial charge in [-0.1, -0.05) is 41.5 Å². The summed E-state index contributed by atoms with van der Waals surface area (Å²) in [6.07, 6.45) is -7.96. The molecule has 0 aromatic carbocycles. The monoisotopic (exact) mass is 704 g/mol. The van der Waals surface area contributed by atoms with Crippen molar-refractivity contribution in [3.63, 3.8) is 0 Å². The Morgan fingerprint density at radius 3 is 2.02 bits per heavy atom. The predicted octanol–water partition coefficient (Wildman–Crippen LogP) is 2.81. The van der Waals surface area contributed by atoms with Crippen molar-refractivity contribution in [3.05, 3.63) is 0 Å². The molecule has 0 spiro atoms. The summed E-state index contributed by atoms with van der Waals surface area (Å²) in [5, 5.41) is 56.5. The van der Waals surface area contributed by atoms with Gasteiger partial charge in [-0.2, -0.15) is 4.65 Å². The number of Topliss-reactive ketones (excluding diaryl/α,β-unsaturated/α-hetero) is 1. The van der Waals surface area contributed by atoms with Crippen molar-refractivity contribution in [3.8, 4) is 0 Å². The summed E-state index contributed by atoms with van der Waals surface area (Å²) in [5.74, 6) is -4.80. The molecule has 3 fully saturated rings. The van der Waals surface area contributed by atoms with Gasteiger partial charge in [0.15, 0.2) is 24.7 Å². The van der Waals surface area contributed by atoms with Gasteiger partial charge in [-0.15, -0.1) is 0 Å². The van der Waals surface area contributed by atoms with E-state index in [1.165, 1.54) is 0 Å². The lowest BCUT2D eigenvalue weighted by atomic mass is 9.74. The van der Waals surface area contributed by atoms with Crippen LogP contribution in [0.5, 0.6) is 0 Å². The van der Waals surface area contributed by atoms with Crippen LogP contribution < -0.4 is 0 Å². The Morgan fingerprint density at radius 1 is 0.857 bits per heavy atom. The molecule has 0 aliphatic carbocycles. The lowest BCUT2D eigenvalue weighted by molar-refractivity contribution is -1.09. The first-order chi connectivity index (χ1) is 22.5. The van der Waals surface area contributed by atoms with Gasteiger partial charge in [-0.05, 0) is 46.5 Å². The summed E-state index contributed by atoms with van der Waals surface area (Å²) >= 11 is 0. The number of likely N-dealkylation sites (N-methyl/N-ethyl adjacent to an activating group) is 1. The summed E-state index contributed by atoms with van der Waals surface area (Å²) in [7, 11) is 3.10. The number of esters is 1. The minimum absolute atomic E-state index is 0.0709. The van der Waals surface area contributed by atoms with Gasteiger partial charge in [0.05, 0.1) is 62.2 Å². The average molecular weight is 705 g/mol. The molecule has 0 amide bonds. The van der Waals surface area contributed by atoms with E-state index < -0.39 is 113 Å². The highest BCUT2D eigenvalue weighted by Gasteiger charge is 2.52. The van der Waals surface area contributed by atoms with Crippen LogP contribution in [0, 0.1) is 35.5 Å². The van der Waals surface area contributed by atoms with E-state index in [1.807, 2.05) is 13.8 Å². The summed E-state index contributed by atoms with van der Waals surface area (Å²) in [6, 6.07) is -0.672. The molecule has 0 saturated carbocycles. The normalized spacial score (nSPS) is 48.5. The number of quaternary nitrogens is 1. The van der Waals surface area contributed by atoms with E-state index in [-0.39, 0.29) is 18.1 Å². The molecule has 3 heterocycles. The van der Waals surface area contributed by atoms with Crippen LogP contribution in [-0.2, 0) is 33.3 Å². The highest BCUT2D eigenvalue weighted by molar-refractivity contribution is 5.83. The SMILES string of the molecule is CC[C@H]1OC(=O)[C@H](C)[C@@H](O[C@H]2C[C@H](C)[C@@H](O)[C@H](C)O2)[C@H](C)C(O[C@@H]2O[C@H](C)C[C@H]([N+](C)(C)O)[C@H]2O)[C@](C)(O)C[C@H](C)C(=O)[C@H](C)[C@@H](O)C1C. The quantitative estimate of drug-likeness (QED) is 0.155. The topological polar surface area (TPSA) is 181 Å². The Kier molecular flexibility index (Phi) is 14.3. The fraction of sp³-hybridized carbons (Fsp3) is 0.944. The second-order valence-electron chi connectivity index (χ2n) is 16.3. The van der Waals surface area contributed by atoms with E-state index in [1.54, 1.807) is 69.5 Å². The third-order valence-electron chi connectivity index (χ3n) is 11.4. The third-order valence-corrected chi connectivity index (χ3v) is 11.4. The van der Waals surface area contributed by atoms with Crippen molar-refractivity contribution in [1.82, 2.24) is 0 Å². The van der Waals surface area contributed by atoms with Gasteiger partial charge < -0.3 is 44.1 Å². The van der Waals surface area contributed by atoms with Gasteiger partial charge in [-0.3, -0.25) is 9.59 Å². The first kappa shape index (κ1) is 42.2. The zero-order valence-corrected chi connectivity index (χ0v) is 31.7. The lowest BCUT2D eigenvalue weighted by Crippen LogP contribution is -2.63. The van der Waals surface area contributed by atoms with Gasteiger partial charge in [0.2, 0.25) is 0 Å². The van der Waals surface area contributed by atoms with Crippen LogP contribution in [-0.4, -0.2) is 129 Å². The van der Waals surface area contributed by atoms with Crippen LogP contribution in [0.1, 0.15) is 94.9 Å². The van der Waals surface area contributed by atoms with Crippen LogP contribution in [0.2, 0.25) is 0 Å². The Bertz CT molecular complexity index is 1090. The number of aliphatic hydroxyl groups excluding tert-OH is 3. The molecule has 0 bridgehead atoms. The van der Waals surface area contributed by atoms with E-state index >= 15 is 0 Å². The maximum absolute atomic E-state index is 14.0. The molecule has 0 aromatic rings. The molecule has 3 aliphatic heterocycles. The highest BCUT2D eigenvalue weighted by Crippen LogP contribution is 2.39. The molecule has 0 radical (unpaired) electrons. The molecule has 13 heteroatoms. The highest BCUT2D eigenvalue weighted by atomic mass is 16.7. The molecule has 18 atom stereocenters. The fourth-order valence-corrected chi connectivity index (χ4v) is 8.25. The number of carbonyl (C=O) groups excluding carboxylic acids is 2. The number of nitrogens with zero attached hydrogens (tertiary/aromatic N) is 1. The molecule has 3 saturated heterocycles. The third kappa shape index (κ3) is 9.79. The molecule has 3 rings (SSSR count). The van der Waals surface area contributed by atoms with E-state index in [9.17, 15) is 35.2 Å². The number of rotatable bonds is 6. The number of ether oxygens (including phenoxy) is 5. The molecule has 2 unspecified atom stereocenters. The number of hydrogen-bond acceptors (Lipinski definition) is 12. The van der Waals surface area contributed by atoms with Crippen molar-refractivity contribution < 1.29 is 63.6 Å². The molecule has 49 heavy (non-hydrogen) atoms. The second kappa shape index (κ2) is 16.6. The lowest BCUT2D eigenvalue weighted by Gasteiger charge is -2.48. The van der Waals surface area contributed by atoms with Crippen LogP contribution in [0.4, 0.5) is 0 Å². The molecule has 286 valence electrons. The van der Waals surface area contributed by atoms with Gasteiger partial charge in [0.1, 0.15) is 11.9 Å². The molecular weight excluding hydrogens is 638 g/mol. The van der Waals surface area contributed by atoms with Gasteiger partial charge in [-0.25, -0.2) is 5.21 Å². The van der Waals surface area contributed by atoms with E-state index in [0.29, 0.717) is 19.3 Å². The van der Waals surface area contributed by atoms with Crippen molar-refractivity contribution in [1.29, 1.82) is 0 Å². The van der Waals surface area contributed by atoms with Crippen LogP contribution in [0.3, 0.4) is 0 Å². The van der Waals surface area contributed by atoms with E-state index in [0.717, 1.165) is 0 Å². The largest absolute Gasteiger partial charge is 0.462 e. The van der Waals surface area contributed by atoms with Crippen molar-refractivity contribution in [2.45, 2.75) is 168 Å². The van der Waals surface area contributed by atoms with Crippen LogP contribution >= 0.6 is 0 Å². The Balaban J connectivity index is 2.14. The van der Waals surface area contributed by atoms with Gasteiger partial charge in [0.25, 0.3) is 0 Å². The molecule has 13 nitrogen and oxygen atoms in total. The number of cyclic esters (lactones) is 1. The first-order valence-corrected chi connectivity index (χ1v) is 18.2. The number of carbonyl (C=O) groups is 2. The Hall–Kier alpha value is -1.26. The smallest absolute Gasteiger partial charge is 0.311 e. The summed E-state index contributed by atoms with van der Waals surface area (Å²) in [4.78, 5) is 27.7. The van der Waals surface area contributed by atoms with E-state index in [2.05, 4.69) is 0 Å². The summed E-state index contributed by atoms with van der Waals surface area (Å²) in [5.41, 5.74) is -1.75. The first-order valence-electron chi connectivity index (χ1n) is 18.2. The van der Waals surface area contributed by atoms with Gasteiger partial charge >= 0.3 is 5.97 Å². The standard InChI is InChI=1S/C36H66NO12/c1-13-26-20(5)30(40)21(6)28(38)18(3)16-36(10,43)33(49-35-31(41)25(37(11,12)44)15-19(4)45-35)22(7)32(23(8)34(42)47-26)48-27-14-17(2)29(39)24(9)46-27/h17-27,29-33,35,39-41,43-44H,13-16H2,1-12H3/q+1/t17-,18-,19+,20?,21-,22-,23+,24-,25-,26+,27-,29+,30-,31+,32-,33?,35-,36+/m0/s1. The van der Waals surface area contributed by atoms with Crippen LogP contribution in [0.15, 0.2) is 0 Å². The molecule has 3 aliphatic rings. The number of hydrogen-bond donors (Lipinski definition) is 5. The van der Waals surface area contributed by atoms with Crippen molar-refractivity contribution in [2.75, 3.05) is 14.1 Å². The number of ketones is 1. The van der Waals surface area contributed by atoms with Crippen molar-refractivity contribution >= 4 is 11.8 Å². The van der Waals surface area contributed by atoms with E-state index in [4.69, 9.17) is 23.7 Å². The second-order valence-corrected chi connectivity index (χ2v) is 16.3. The summed E-state index contributed by atoms with van der Waals surface area (Å²) in [6.45, 7) is 17.4. The maximum atomic E-state index is 14.0. The van der Waals surface area contributed by atoms with Crippen molar-refractivity contribution in [2.24, 2.45) is 35.5 Å². The predicted molar refractivity (Wildman–Crippen MR) is 179 cm³/mol. The Morgan fingerprint density at radius 2 is 1.47 bits per heavy atom. The molecule has 0 aromatic heterocycles. The summed E-state index contributed by atoms with van der Waals surface area (Å²) < 4.78 is 30.8. The zero-order chi connectivity index (χ0) is 37.3. The maximum Gasteiger partial charge on any atom is 0.311 e. The molecule has 5 N–H and O–H groups in total. The van der Waals surface area contributed by atoms with Gasteiger partial charge in [0, 0.05) is 36.5 Å². The number of hydroxylamine groups is 3. The number of aliphatic hydroxyl groups is 4. The van der Waals surface area contributed by atoms with Crippen LogP contribution in [0.25, 0.3) is 0 Å². The average Bonchev–Trinajstić information content (AvgIpc) is 3.01. The fourth-order valence-electron chi connectivity index (χ4n) is 8.25. The zero-order valence-electron chi connectivity index (χ0n) is 31.7. The Labute approximate surface area is 292 Å².